The van der Waals surface area contributed by atoms with Crippen LogP contribution in [0.1, 0.15) is 30.1 Å². The maximum Gasteiger partial charge on any atom is 0.335 e. The number of rotatable bonds is 4. The minimum absolute atomic E-state index is 0.215. The fourth-order valence-corrected chi connectivity index (χ4v) is 3.54. The van der Waals surface area contributed by atoms with Crippen LogP contribution in [0.25, 0.3) is 0 Å². The normalized spacial score (nSPS) is 23.0. The van der Waals surface area contributed by atoms with E-state index in [1.54, 1.807) is 12.1 Å². The van der Waals surface area contributed by atoms with Gasteiger partial charge in [0.25, 0.3) is 0 Å². The molecule has 1 fully saturated rings. The Morgan fingerprint density at radius 3 is 2.94 bits per heavy atom. The monoisotopic (exact) mass is 285 g/mol. The van der Waals surface area contributed by atoms with E-state index in [1.807, 2.05) is 11.8 Å². The summed E-state index contributed by atoms with van der Waals surface area (Å²) in [5, 5.41) is 12.6. The summed E-state index contributed by atoms with van der Waals surface area (Å²) >= 11 is 8.05. The van der Waals surface area contributed by atoms with Crippen molar-refractivity contribution in [3.05, 3.63) is 28.8 Å². The van der Waals surface area contributed by atoms with E-state index < -0.39 is 5.97 Å². The second-order valence-electron chi connectivity index (χ2n) is 4.76. The molecule has 0 amide bonds. The van der Waals surface area contributed by atoms with Crippen LogP contribution in [-0.4, -0.2) is 28.1 Å². The lowest BCUT2D eigenvalue weighted by atomic mass is 10.1. The fourth-order valence-electron chi connectivity index (χ4n) is 2.05. The van der Waals surface area contributed by atoms with Gasteiger partial charge in [-0.25, -0.2) is 4.79 Å². The van der Waals surface area contributed by atoms with Crippen molar-refractivity contribution in [1.29, 1.82) is 0 Å². The van der Waals surface area contributed by atoms with Crippen LogP contribution in [0.3, 0.4) is 0 Å². The van der Waals surface area contributed by atoms with Crippen LogP contribution in [0.4, 0.5) is 5.69 Å². The van der Waals surface area contributed by atoms with Gasteiger partial charge in [0.05, 0.1) is 16.3 Å². The number of aromatic carboxylic acids is 1. The molecular weight excluding hydrogens is 270 g/mol. The first-order chi connectivity index (χ1) is 8.50. The molecule has 0 aliphatic carbocycles. The van der Waals surface area contributed by atoms with Crippen molar-refractivity contribution >= 4 is 35.0 Å². The first-order valence-electron chi connectivity index (χ1n) is 5.91. The molecular formula is C13H16ClNO2S. The van der Waals surface area contributed by atoms with Gasteiger partial charge in [-0.3, -0.25) is 0 Å². The first kappa shape index (κ1) is 13.6. The van der Waals surface area contributed by atoms with Gasteiger partial charge in [-0.1, -0.05) is 11.6 Å². The minimum atomic E-state index is -0.957. The molecule has 1 aliphatic rings. The Bertz CT molecular complexity index is 458. The predicted molar refractivity (Wildman–Crippen MR) is 77.0 cm³/mol. The zero-order valence-electron chi connectivity index (χ0n) is 10.2. The average Bonchev–Trinajstić information content (AvgIpc) is 2.75. The van der Waals surface area contributed by atoms with E-state index in [2.05, 4.69) is 12.2 Å². The van der Waals surface area contributed by atoms with E-state index in [0.29, 0.717) is 5.02 Å². The first-order valence-corrected chi connectivity index (χ1v) is 7.27. The summed E-state index contributed by atoms with van der Waals surface area (Å²) in [6.45, 7) is 3.10. The van der Waals surface area contributed by atoms with Gasteiger partial charge in [-0.05, 0) is 43.7 Å². The van der Waals surface area contributed by atoms with Crippen molar-refractivity contribution in [1.82, 2.24) is 0 Å². The number of hydrogen-bond acceptors (Lipinski definition) is 3. The van der Waals surface area contributed by atoms with Crippen molar-refractivity contribution in [3.8, 4) is 0 Å². The minimum Gasteiger partial charge on any atom is -0.478 e. The van der Waals surface area contributed by atoms with E-state index in [9.17, 15) is 4.79 Å². The Labute approximate surface area is 116 Å². The molecule has 1 atom stereocenters. The summed E-state index contributed by atoms with van der Waals surface area (Å²) < 4.78 is 0.259. The van der Waals surface area contributed by atoms with Crippen LogP contribution < -0.4 is 5.32 Å². The van der Waals surface area contributed by atoms with Gasteiger partial charge in [-0.15, -0.1) is 0 Å². The van der Waals surface area contributed by atoms with Crippen LogP contribution in [-0.2, 0) is 0 Å². The lowest BCUT2D eigenvalue weighted by Crippen LogP contribution is -2.27. The third-order valence-corrected chi connectivity index (χ3v) is 5.02. The number of halogens is 1. The van der Waals surface area contributed by atoms with Gasteiger partial charge >= 0.3 is 5.97 Å². The highest BCUT2D eigenvalue weighted by molar-refractivity contribution is 8.00. The summed E-state index contributed by atoms with van der Waals surface area (Å²) in [5.41, 5.74) is 1.02. The molecule has 5 heteroatoms. The van der Waals surface area contributed by atoms with E-state index in [1.165, 1.54) is 24.7 Å². The van der Waals surface area contributed by atoms with Crippen LogP contribution in [0.15, 0.2) is 18.2 Å². The van der Waals surface area contributed by atoms with Crippen LogP contribution >= 0.6 is 23.4 Å². The van der Waals surface area contributed by atoms with Gasteiger partial charge in [0.2, 0.25) is 0 Å². The smallest absolute Gasteiger partial charge is 0.335 e. The standard InChI is InChI=1S/C13H16ClNO2S/c1-13(5-2-6-18-13)8-15-11-4-3-9(12(16)17)7-10(11)14/h3-4,7,15H,2,5-6,8H2,1H3,(H,16,17). The topological polar surface area (TPSA) is 49.3 Å². The number of hydrogen-bond donors (Lipinski definition) is 2. The molecule has 1 aromatic carbocycles. The van der Waals surface area contributed by atoms with Crippen molar-refractivity contribution in [2.45, 2.75) is 24.5 Å². The van der Waals surface area contributed by atoms with Crippen LogP contribution in [0, 0.1) is 0 Å². The summed E-state index contributed by atoms with van der Waals surface area (Å²) in [6.07, 6.45) is 2.46. The molecule has 18 heavy (non-hydrogen) atoms. The number of carboxylic acid groups (broad SMARTS) is 1. The molecule has 2 N–H and O–H groups in total. The molecule has 0 bridgehead atoms. The fraction of sp³-hybridized carbons (Fsp3) is 0.462. The van der Waals surface area contributed by atoms with Crippen molar-refractivity contribution in [3.63, 3.8) is 0 Å². The Balaban J connectivity index is 2.03. The number of anilines is 1. The third kappa shape index (κ3) is 3.12. The number of benzene rings is 1. The molecule has 0 spiro atoms. The molecule has 1 saturated heterocycles. The summed E-state index contributed by atoms with van der Waals surface area (Å²) in [6, 6.07) is 4.78. The van der Waals surface area contributed by atoms with Crippen molar-refractivity contribution in [2.75, 3.05) is 17.6 Å². The summed E-state index contributed by atoms with van der Waals surface area (Å²) in [7, 11) is 0. The van der Waals surface area contributed by atoms with Gasteiger partial charge in [0.1, 0.15) is 0 Å². The zero-order valence-corrected chi connectivity index (χ0v) is 11.8. The highest BCUT2D eigenvalue weighted by Crippen LogP contribution is 2.38. The number of carboxylic acids is 1. The van der Waals surface area contributed by atoms with E-state index in [-0.39, 0.29) is 10.3 Å². The second-order valence-corrected chi connectivity index (χ2v) is 6.84. The molecule has 1 unspecified atom stereocenters. The lowest BCUT2D eigenvalue weighted by molar-refractivity contribution is 0.0697. The summed E-state index contributed by atoms with van der Waals surface area (Å²) in [4.78, 5) is 10.8. The lowest BCUT2D eigenvalue weighted by Gasteiger charge is -2.24. The largest absolute Gasteiger partial charge is 0.478 e. The van der Waals surface area contributed by atoms with Gasteiger partial charge < -0.3 is 10.4 Å². The van der Waals surface area contributed by atoms with Gasteiger partial charge in [0, 0.05) is 11.3 Å². The van der Waals surface area contributed by atoms with Gasteiger partial charge in [-0.2, -0.15) is 11.8 Å². The molecule has 2 rings (SSSR count). The Morgan fingerprint density at radius 1 is 1.61 bits per heavy atom. The summed E-state index contributed by atoms with van der Waals surface area (Å²) in [5.74, 6) is 0.255. The Hall–Kier alpha value is -0.870. The van der Waals surface area contributed by atoms with Crippen molar-refractivity contribution in [2.24, 2.45) is 0 Å². The molecule has 1 heterocycles. The zero-order chi connectivity index (χ0) is 13.2. The van der Waals surface area contributed by atoms with Crippen LogP contribution in [0.2, 0.25) is 5.02 Å². The quantitative estimate of drug-likeness (QED) is 0.885. The highest BCUT2D eigenvalue weighted by atomic mass is 35.5. The second kappa shape index (κ2) is 5.41. The maximum absolute atomic E-state index is 10.8. The maximum atomic E-state index is 10.8. The van der Waals surface area contributed by atoms with E-state index in [0.717, 1.165) is 12.2 Å². The highest BCUT2D eigenvalue weighted by Gasteiger charge is 2.29. The predicted octanol–water partition coefficient (Wildman–Crippen LogP) is 3.74. The molecule has 0 radical (unpaired) electrons. The third-order valence-electron chi connectivity index (χ3n) is 3.17. The van der Waals surface area contributed by atoms with E-state index in [4.69, 9.17) is 16.7 Å². The van der Waals surface area contributed by atoms with Crippen LogP contribution in [0.5, 0.6) is 0 Å². The molecule has 3 nitrogen and oxygen atoms in total. The number of nitrogens with one attached hydrogen (secondary N) is 1. The number of carbonyl (C=O) groups is 1. The molecule has 98 valence electrons. The molecule has 1 aromatic rings. The molecule has 0 saturated carbocycles. The van der Waals surface area contributed by atoms with E-state index >= 15 is 0 Å². The molecule has 1 aliphatic heterocycles. The Kier molecular flexibility index (Phi) is 4.07. The average molecular weight is 286 g/mol. The Morgan fingerprint density at radius 2 is 2.39 bits per heavy atom. The van der Waals surface area contributed by atoms with Crippen molar-refractivity contribution < 1.29 is 9.90 Å². The SMILES string of the molecule is CC1(CNc2ccc(C(=O)O)cc2Cl)CCCS1. The molecule has 0 aromatic heterocycles. The van der Waals surface area contributed by atoms with Gasteiger partial charge in [0.15, 0.2) is 0 Å². The number of thioether (sulfide) groups is 1.